The summed E-state index contributed by atoms with van der Waals surface area (Å²) >= 11 is 3.54. The normalized spacial score (nSPS) is 10.3. The maximum absolute atomic E-state index is 11.0. The largest absolute Gasteiger partial charge is 0.478 e. The van der Waals surface area contributed by atoms with Crippen molar-refractivity contribution in [2.45, 2.75) is 20.4 Å². The maximum Gasteiger partial charge on any atom is 0.335 e. The molecule has 0 spiro atoms. The van der Waals surface area contributed by atoms with Crippen molar-refractivity contribution in [1.29, 1.82) is 0 Å². The lowest BCUT2D eigenvalue weighted by molar-refractivity contribution is 0.0697. The molecule has 0 bridgehead atoms. The van der Waals surface area contributed by atoms with Crippen LogP contribution >= 0.6 is 15.9 Å². The highest BCUT2D eigenvalue weighted by Crippen LogP contribution is 2.22. The van der Waals surface area contributed by atoms with Gasteiger partial charge in [-0.25, -0.2) is 4.79 Å². The van der Waals surface area contributed by atoms with Crippen LogP contribution in [0.15, 0.2) is 40.9 Å². The fourth-order valence-electron chi connectivity index (χ4n) is 1.93. The van der Waals surface area contributed by atoms with Crippen molar-refractivity contribution < 1.29 is 9.90 Å². The number of carboxylic acids is 1. The van der Waals surface area contributed by atoms with Crippen LogP contribution in [0.2, 0.25) is 0 Å². The Morgan fingerprint density at radius 2 is 1.95 bits per heavy atom. The van der Waals surface area contributed by atoms with Crippen molar-refractivity contribution in [2.24, 2.45) is 0 Å². The zero-order valence-electron chi connectivity index (χ0n) is 11.4. The topological polar surface area (TPSA) is 49.3 Å². The lowest BCUT2D eigenvalue weighted by Gasteiger charge is -2.12. The molecule has 3 nitrogen and oxygen atoms in total. The number of aromatic carboxylic acids is 1. The first-order chi connectivity index (χ1) is 9.47. The number of halogens is 1. The fraction of sp³-hybridized carbons (Fsp3) is 0.188. The number of rotatable bonds is 4. The van der Waals surface area contributed by atoms with Gasteiger partial charge in [-0.15, -0.1) is 0 Å². The van der Waals surface area contributed by atoms with Gasteiger partial charge in [0.05, 0.1) is 5.56 Å². The van der Waals surface area contributed by atoms with E-state index in [1.165, 1.54) is 5.56 Å². The molecule has 0 aliphatic heterocycles. The first kappa shape index (κ1) is 14.6. The number of carbonyl (C=O) groups is 1. The Bertz CT molecular complexity index is 653. The average Bonchev–Trinajstić information content (AvgIpc) is 2.39. The predicted octanol–water partition coefficient (Wildman–Crippen LogP) is 4.38. The molecule has 104 valence electrons. The highest BCUT2D eigenvalue weighted by atomic mass is 79.9. The number of benzene rings is 2. The first-order valence-electron chi connectivity index (χ1n) is 6.30. The smallest absolute Gasteiger partial charge is 0.335 e. The standard InChI is InChI=1S/C16H16BrNO2/c1-10-3-5-13(14(17)7-10)9-18-15-8-12(16(19)20)6-4-11(15)2/h3-8,18H,9H2,1-2H3,(H,19,20). The van der Waals surface area contributed by atoms with E-state index in [0.717, 1.165) is 21.3 Å². The zero-order valence-corrected chi connectivity index (χ0v) is 13.0. The molecular weight excluding hydrogens is 318 g/mol. The second-order valence-electron chi connectivity index (χ2n) is 4.78. The van der Waals surface area contributed by atoms with Gasteiger partial charge in [0, 0.05) is 16.7 Å². The Balaban J connectivity index is 2.18. The molecule has 0 aliphatic carbocycles. The van der Waals surface area contributed by atoms with Gasteiger partial charge in [0.2, 0.25) is 0 Å². The summed E-state index contributed by atoms with van der Waals surface area (Å²) in [6, 6.07) is 11.3. The average molecular weight is 334 g/mol. The number of aryl methyl sites for hydroxylation is 2. The molecule has 2 N–H and O–H groups in total. The second kappa shape index (κ2) is 6.09. The van der Waals surface area contributed by atoms with Crippen LogP contribution in [0.4, 0.5) is 5.69 Å². The Morgan fingerprint density at radius 3 is 2.60 bits per heavy atom. The SMILES string of the molecule is Cc1ccc(CNc2cc(C(=O)O)ccc2C)c(Br)c1. The van der Waals surface area contributed by atoms with Crippen molar-refractivity contribution in [1.82, 2.24) is 0 Å². The molecule has 0 aliphatic rings. The van der Waals surface area contributed by atoms with Gasteiger partial charge in [0.25, 0.3) is 0 Å². The third-order valence-corrected chi connectivity index (χ3v) is 3.90. The van der Waals surface area contributed by atoms with Gasteiger partial charge in [0.15, 0.2) is 0 Å². The fourth-order valence-corrected chi connectivity index (χ4v) is 2.57. The molecule has 0 unspecified atom stereocenters. The van der Waals surface area contributed by atoms with E-state index in [-0.39, 0.29) is 0 Å². The molecular formula is C16H16BrNO2. The highest BCUT2D eigenvalue weighted by Gasteiger charge is 2.07. The summed E-state index contributed by atoms with van der Waals surface area (Å²) in [5, 5.41) is 12.3. The maximum atomic E-state index is 11.0. The number of nitrogens with one attached hydrogen (secondary N) is 1. The number of carboxylic acid groups (broad SMARTS) is 1. The molecule has 0 saturated carbocycles. The van der Waals surface area contributed by atoms with Crippen LogP contribution in [0, 0.1) is 13.8 Å². The minimum Gasteiger partial charge on any atom is -0.478 e. The second-order valence-corrected chi connectivity index (χ2v) is 5.64. The molecule has 0 amide bonds. The van der Waals surface area contributed by atoms with Crippen LogP contribution in [0.3, 0.4) is 0 Å². The lowest BCUT2D eigenvalue weighted by Crippen LogP contribution is -2.04. The minimum atomic E-state index is -0.912. The Labute approximate surface area is 126 Å². The third kappa shape index (κ3) is 3.39. The van der Waals surface area contributed by atoms with Crippen LogP contribution in [0.5, 0.6) is 0 Å². The van der Waals surface area contributed by atoms with Crippen LogP contribution in [0.25, 0.3) is 0 Å². The van der Waals surface area contributed by atoms with E-state index in [1.807, 2.05) is 19.9 Å². The minimum absolute atomic E-state index is 0.293. The van der Waals surface area contributed by atoms with Gasteiger partial charge >= 0.3 is 5.97 Å². The Morgan fingerprint density at radius 1 is 1.20 bits per heavy atom. The quantitative estimate of drug-likeness (QED) is 0.873. The van der Waals surface area contributed by atoms with Crippen LogP contribution in [-0.2, 0) is 6.54 Å². The number of hydrogen-bond donors (Lipinski definition) is 2. The lowest BCUT2D eigenvalue weighted by atomic mass is 10.1. The molecule has 0 aromatic heterocycles. The van der Waals surface area contributed by atoms with Crippen molar-refractivity contribution in [3.05, 3.63) is 63.1 Å². The molecule has 20 heavy (non-hydrogen) atoms. The monoisotopic (exact) mass is 333 g/mol. The molecule has 0 saturated heterocycles. The van der Waals surface area contributed by atoms with E-state index in [2.05, 4.69) is 39.4 Å². The number of hydrogen-bond acceptors (Lipinski definition) is 2. The van der Waals surface area contributed by atoms with Crippen LogP contribution in [0.1, 0.15) is 27.0 Å². The van der Waals surface area contributed by atoms with Gasteiger partial charge in [-0.2, -0.15) is 0 Å². The summed E-state index contributed by atoms with van der Waals surface area (Å²) in [7, 11) is 0. The van der Waals surface area contributed by atoms with Gasteiger partial charge in [0.1, 0.15) is 0 Å². The number of anilines is 1. The predicted molar refractivity (Wildman–Crippen MR) is 84.3 cm³/mol. The van der Waals surface area contributed by atoms with Crippen molar-refractivity contribution in [2.75, 3.05) is 5.32 Å². The molecule has 2 aromatic carbocycles. The summed E-state index contributed by atoms with van der Waals surface area (Å²) in [5.41, 5.74) is 4.50. The van der Waals surface area contributed by atoms with Crippen LogP contribution < -0.4 is 5.32 Å². The molecule has 0 heterocycles. The third-order valence-electron chi connectivity index (χ3n) is 3.16. The van der Waals surface area contributed by atoms with Gasteiger partial charge in [-0.3, -0.25) is 0 Å². The summed E-state index contributed by atoms with van der Waals surface area (Å²) < 4.78 is 1.05. The first-order valence-corrected chi connectivity index (χ1v) is 7.09. The molecule has 2 rings (SSSR count). The van der Waals surface area contributed by atoms with Crippen molar-refractivity contribution in [3.63, 3.8) is 0 Å². The molecule has 2 aromatic rings. The van der Waals surface area contributed by atoms with Gasteiger partial charge in [-0.05, 0) is 48.7 Å². The van der Waals surface area contributed by atoms with Crippen molar-refractivity contribution in [3.8, 4) is 0 Å². The molecule has 0 radical (unpaired) electrons. The Kier molecular flexibility index (Phi) is 4.45. The van der Waals surface area contributed by atoms with E-state index < -0.39 is 5.97 Å². The summed E-state index contributed by atoms with van der Waals surface area (Å²) in [5.74, 6) is -0.912. The molecule has 0 atom stereocenters. The summed E-state index contributed by atoms with van der Waals surface area (Å²) in [6.07, 6.45) is 0. The Hall–Kier alpha value is -1.81. The van der Waals surface area contributed by atoms with Gasteiger partial charge < -0.3 is 10.4 Å². The highest BCUT2D eigenvalue weighted by molar-refractivity contribution is 9.10. The zero-order chi connectivity index (χ0) is 14.7. The van der Waals surface area contributed by atoms with Crippen LogP contribution in [-0.4, -0.2) is 11.1 Å². The van der Waals surface area contributed by atoms with Crippen molar-refractivity contribution >= 4 is 27.6 Å². The van der Waals surface area contributed by atoms with E-state index in [0.29, 0.717) is 12.1 Å². The van der Waals surface area contributed by atoms with E-state index in [9.17, 15) is 4.79 Å². The summed E-state index contributed by atoms with van der Waals surface area (Å²) in [6.45, 7) is 4.64. The molecule has 4 heteroatoms. The van der Waals surface area contributed by atoms with E-state index in [4.69, 9.17) is 5.11 Å². The summed E-state index contributed by atoms with van der Waals surface area (Å²) in [4.78, 5) is 11.0. The molecule has 0 fully saturated rings. The van der Waals surface area contributed by atoms with E-state index in [1.54, 1.807) is 12.1 Å². The van der Waals surface area contributed by atoms with Gasteiger partial charge in [-0.1, -0.05) is 34.1 Å². The van der Waals surface area contributed by atoms with E-state index >= 15 is 0 Å².